The van der Waals surface area contributed by atoms with Crippen LogP contribution in [0.1, 0.15) is 16.0 Å². The predicted molar refractivity (Wildman–Crippen MR) is 91.7 cm³/mol. The van der Waals surface area contributed by atoms with E-state index in [-0.39, 0.29) is 4.83 Å². The first-order chi connectivity index (χ1) is 9.16. The summed E-state index contributed by atoms with van der Waals surface area (Å²) in [4.78, 5) is 0.161. The Kier molecular flexibility index (Phi) is 3.99. The molecule has 0 saturated heterocycles. The number of benzene rings is 2. The SMILES string of the molecule is Clc1cc(C(Br)c2csc3ccccc23)ccc1Br. The highest BCUT2D eigenvalue weighted by Crippen LogP contribution is 2.39. The van der Waals surface area contributed by atoms with Crippen LogP contribution in [0, 0.1) is 0 Å². The molecule has 0 spiro atoms. The summed E-state index contributed by atoms with van der Waals surface area (Å²) in [7, 11) is 0. The number of hydrogen-bond acceptors (Lipinski definition) is 1. The summed E-state index contributed by atoms with van der Waals surface area (Å²) < 4.78 is 2.23. The first-order valence-electron chi connectivity index (χ1n) is 5.72. The van der Waals surface area contributed by atoms with Gasteiger partial charge in [0, 0.05) is 9.17 Å². The van der Waals surface area contributed by atoms with Crippen LogP contribution < -0.4 is 0 Å². The van der Waals surface area contributed by atoms with Crippen molar-refractivity contribution in [2.75, 3.05) is 0 Å². The van der Waals surface area contributed by atoms with Crippen molar-refractivity contribution >= 4 is 64.9 Å². The summed E-state index contributed by atoms with van der Waals surface area (Å²) in [5.41, 5.74) is 2.45. The largest absolute Gasteiger partial charge is 0.143 e. The van der Waals surface area contributed by atoms with Crippen molar-refractivity contribution in [2.24, 2.45) is 0 Å². The number of rotatable bonds is 2. The van der Waals surface area contributed by atoms with Gasteiger partial charge in [0.1, 0.15) is 0 Å². The summed E-state index contributed by atoms with van der Waals surface area (Å²) in [5.74, 6) is 0. The number of halogens is 3. The molecule has 2 aromatic carbocycles. The van der Waals surface area contributed by atoms with Gasteiger partial charge in [-0.3, -0.25) is 0 Å². The molecule has 19 heavy (non-hydrogen) atoms. The average molecular weight is 417 g/mol. The van der Waals surface area contributed by atoms with Crippen LogP contribution in [0.4, 0.5) is 0 Å². The zero-order valence-corrected chi connectivity index (χ0v) is 14.5. The number of thiophene rings is 1. The molecular formula is C15H9Br2ClS. The van der Waals surface area contributed by atoms with Crippen LogP contribution in [-0.4, -0.2) is 0 Å². The van der Waals surface area contributed by atoms with Crippen molar-refractivity contribution in [2.45, 2.75) is 4.83 Å². The van der Waals surface area contributed by atoms with E-state index in [0.29, 0.717) is 0 Å². The van der Waals surface area contributed by atoms with E-state index in [1.165, 1.54) is 15.6 Å². The van der Waals surface area contributed by atoms with E-state index in [2.05, 4.69) is 67.6 Å². The normalized spacial score (nSPS) is 12.8. The first kappa shape index (κ1) is 13.6. The van der Waals surface area contributed by atoms with Gasteiger partial charge >= 0.3 is 0 Å². The minimum atomic E-state index is 0.161. The molecule has 0 aliphatic carbocycles. The number of fused-ring (bicyclic) bond motifs is 1. The fraction of sp³-hybridized carbons (Fsp3) is 0.0667. The predicted octanol–water partition coefficient (Wildman–Crippen LogP) is 6.80. The van der Waals surface area contributed by atoms with Crippen molar-refractivity contribution < 1.29 is 0 Å². The monoisotopic (exact) mass is 414 g/mol. The standard InChI is InChI=1S/C15H9Br2ClS/c16-12-6-5-9(7-13(12)18)15(17)11-8-19-14-4-2-1-3-10(11)14/h1-8,15H. The van der Waals surface area contributed by atoms with E-state index in [1.807, 2.05) is 12.1 Å². The van der Waals surface area contributed by atoms with Crippen molar-refractivity contribution in [3.05, 3.63) is 68.5 Å². The van der Waals surface area contributed by atoms with Gasteiger partial charge in [0.25, 0.3) is 0 Å². The molecule has 0 N–H and O–H groups in total. The van der Waals surface area contributed by atoms with Crippen LogP contribution in [0.15, 0.2) is 52.3 Å². The molecule has 0 nitrogen and oxygen atoms in total. The third kappa shape index (κ3) is 2.62. The molecule has 0 fully saturated rings. The molecule has 1 unspecified atom stereocenters. The summed E-state index contributed by atoms with van der Waals surface area (Å²) >= 11 is 15.2. The van der Waals surface area contributed by atoms with Crippen molar-refractivity contribution in [3.8, 4) is 0 Å². The molecule has 1 aromatic heterocycles. The van der Waals surface area contributed by atoms with Crippen molar-refractivity contribution in [3.63, 3.8) is 0 Å². The summed E-state index contributed by atoms with van der Waals surface area (Å²) in [6.45, 7) is 0. The Morgan fingerprint density at radius 3 is 2.68 bits per heavy atom. The van der Waals surface area contributed by atoms with Gasteiger partial charge < -0.3 is 0 Å². The van der Waals surface area contributed by atoms with Crippen molar-refractivity contribution in [1.29, 1.82) is 0 Å². The van der Waals surface area contributed by atoms with Gasteiger partial charge in [0.15, 0.2) is 0 Å². The second-order valence-corrected chi connectivity index (χ2v) is 7.31. The van der Waals surface area contributed by atoms with Crippen LogP contribution in [0.2, 0.25) is 5.02 Å². The Hall–Kier alpha value is -0.350. The van der Waals surface area contributed by atoms with Gasteiger partial charge in [-0.05, 0) is 56.0 Å². The summed E-state index contributed by atoms with van der Waals surface area (Å²) in [6, 6.07) is 14.5. The average Bonchev–Trinajstić information content (AvgIpc) is 2.85. The van der Waals surface area contributed by atoms with Gasteiger partial charge in [-0.1, -0.05) is 51.8 Å². The topological polar surface area (TPSA) is 0 Å². The van der Waals surface area contributed by atoms with E-state index in [9.17, 15) is 0 Å². The lowest BCUT2D eigenvalue weighted by atomic mass is 10.0. The van der Waals surface area contributed by atoms with Gasteiger partial charge in [-0.15, -0.1) is 11.3 Å². The molecule has 0 bridgehead atoms. The highest BCUT2D eigenvalue weighted by atomic mass is 79.9. The fourth-order valence-electron chi connectivity index (χ4n) is 2.04. The van der Waals surface area contributed by atoms with E-state index in [4.69, 9.17) is 11.6 Å². The van der Waals surface area contributed by atoms with E-state index in [1.54, 1.807) is 11.3 Å². The highest BCUT2D eigenvalue weighted by molar-refractivity contribution is 9.10. The minimum Gasteiger partial charge on any atom is -0.143 e. The zero-order valence-electron chi connectivity index (χ0n) is 9.74. The van der Waals surface area contributed by atoms with Crippen LogP contribution in [0.3, 0.4) is 0 Å². The van der Waals surface area contributed by atoms with E-state index >= 15 is 0 Å². The van der Waals surface area contributed by atoms with E-state index < -0.39 is 0 Å². The molecular weight excluding hydrogens is 407 g/mol. The molecule has 0 saturated carbocycles. The Bertz CT molecular complexity index is 736. The van der Waals surface area contributed by atoms with Gasteiger partial charge in [-0.2, -0.15) is 0 Å². The Morgan fingerprint density at radius 1 is 1.11 bits per heavy atom. The molecule has 0 aliphatic rings. The lowest BCUT2D eigenvalue weighted by Gasteiger charge is -2.10. The Morgan fingerprint density at radius 2 is 1.89 bits per heavy atom. The Labute approximate surface area is 137 Å². The van der Waals surface area contributed by atoms with Crippen LogP contribution in [-0.2, 0) is 0 Å². The molecule has 0 amide bonds. The lowest BCUT2D eigenvalue weighted by molar-refractivity contribution is 1.21. The molecule has 3 rings (SSSR count). The molecule has 0 radical (unpaired) electrons. The maximum atomic E-state index is 6.17. The van der Waals surface area contributed by atoms with E-state index in [0.717, 1.165) is 15.1 Å². The smallest absolute Gasteiger partial charge is 0.0659 e. The van der Waals surface area contributed by atoms with Gasteiger partial charge in [-0.25, -0.2) is 0 Å². The van der Waals surface area contributed by atoms with Crippen LogP contribution in [0.5, 0.6) is 0 Å². The molecule has 96 valence electrons. The zero-order chi connectivity index (χ0) is 13.4. The lowest BCUT2D eigenvalue weighted by Crippen LogP contribution is -1.91. The highest BCUT2D eigenvalue weighted by Gasteiger charge is 2.15. The third-order valence-electron chi connectivity index (χ3n) is 3.02. The molecule has 0 aliphatic heterocycles. The molecule has 1 heterocycles. The summed E-state index contributed by atoms with van der Waals surface area (Å²) in [6.07, 6.45) is 0. The summed E-state index contributed by atoms with van der Waals surface area (Å²) in [5, 5.41) is 4.25. The van der Waals surface area contributed by atoms with Gasteiger partial charge in [0.2, 0.25) is 0 Å². The Balaban J connectivity index is 2.08. The van der Waals surface area contributed by atoms with Gasteiger partial charge in [0.05, 0.1) is 9.85 Å². The first-order valence-corrected chi connectivity index (χ1v) is 8.68. The van der Waals surface area contributed by atoms with Crippen LogP contribution in [0.25, 0.3) is 10.1 Å². The maximum absolute atomic E-state index is 6.17. The molecule has 1 atom stereocenters. The maximum Gasteiger partial charge on any atom is 0.0659 e. The fourth-order valence-corrected chi connectivity index (χ4v) is 4.31. The van der Waals surface area contributed by atoms with Crippen LogP contribution >= 0.6 is 54.8 Å². The molecule has 3 aromatic rings. The second-order valence-electron chi connectivity index (χ2n) is 4.22. The quantitative estimate of drug-likeness (QED) is 0.403. The number of hydrogen-bond donors (Lipinski definition) is 0. The molecule has 4 heteroatoms. The minimum absolute atomic E-state index is 0.161. The third-order valence-corrected chi connectivity index (χ3v) is 6.26. The van der Waals surface area contributed by atoms with Crippen molar-refractivity contribution in [1.82, 2.24) is 0 Å². The number of alkyl halides is 1. The second kappa shape index (κ2) is 5.57.